The molecule has 4 nitrogen and oxygen atoms in total. The largest absolute Gasteiger partial charge is 0.302 e. The van der Waals surface area contributed by atoms with Gasteiger partial charge in [0.05, 0.1) is 0 Å². The Labute approximate surface area is 238 Å². The molecule has 0 aromatic carbocycles. The fourth-order valence-electron chi connectivity index (χ4n) is 3.31. The molecule has 0 bridgehead atoms. The zero-order chi connectivity index (χ0) is 16.2. The molecule has 0 atom stereocenters. The maximum absolute atomic E-state index is 2.63. The summed E-state index contributed by atoms with van der Waals surface area (Å²) in [6.07, 6.45) is 2.61. The van der Waals surface area contributed by atoms with Gasteiger partial charge in [0.2, 0.25) is 0 Å². The number of likely N-dealkylation sites (N-methyl/N-ethyl adjacent to an activating group) is 4. The summed E-state index contributed by atoms with van der Waals surface area (Å²) in [5.74, 6) is 0. The Morgan fingerprint density at radius 1 is 0.357 bits per heavy atom. The van der Waals surface area contributed by atoms with Gasteiger partial charge in [0.15, 0.2) is 0 Å². The van der Waals surface area contributed by atoms with Gasteiger partial charge in [-0.3, -0.25) is 0 Å². The van der Waals surface area contributed by atoms with Crippen LogP contribution in [-0.2, 0) is 0 Å². The highest BCUT2D eigenvalue weighted by molar-refractivity contribution is 8.93. The molecule has 1 heterocycles. The topological polar surface area (TPSA) is 13.0 Å². The Morgan fingerprint density at radius 2 is 0.536 bits per heavy atom. The van der Waals surface area contributed by atoms with Crippen molar-refractivity contribution in [3.63, 3.8) is 0 Å². The quantitative estimate of drug-likeness (QED) is 0.371. The van der Waals surface area contributed by atoms with Crippen LogP contribution < -0.4 is 0 Å². The minimum Gasteiger partial charge on any atom is -0.302 e. The Hall–Kier alpha value is 2.72. The monoisotopic (exact) mass is 792 g/mol. The van der Waals surface area contributed by atoms with Crippen molar-refractivity contribution in [1.82, 2.24) is 19.6 Å². The van der Waals surface area contributed by atoms with Gasteiger partial charge in [0.1, 0.15) is 0 Å². The number of nitrogens with zero attached hydrogens (tertiary/aromatic N) is 4. The van der Waals surface area contributed by atoms with E-state index in [2.05, 4.69) is 47.3 Å². The molecule has 0 N–H and O–H groups in total. The summed E-state index contributed by atoms with van der Waals surface area (Å²) in [5.41, 5.74) is 0. The average Bonchev–Trinajstić information content (AvgIpc) is 2.56. The van der Waals surface area contributed by atoms with Gasteiger partial charge in [-0.1, -0.05) is 27.7 Å². The molecule has 0 spiro atoms. The summed E-state index contributed by atoms with van der Waals surface area (Å²) >= 11 is 0. The molecule has 0 unspecified atom stereocenters. The molecule has 0 saturated carbocycles. The van der Waals surface area contributed by atoms with E-state index in [4.69, 9.17) is 0 Å². The molecule has 1 rings (SSSR count). The van der Waals surface area contributed by atoms with Crippen molar-refractivity contribution >= 4 is 102 Å². The lowest BCUT2D eigenvalue weighted by Crippen LogP contribution is -2.41. The maximum atomic E-state index is 2.63. The van der Waals surface area contributed by atoms with E-state index in [9.17, 15) is 0 Å². The Morgan fingerprint density at radius 3 is 0.679 bits per heavy atom. The van der Waals surface area contributed by atoms with Crippen molar-refractivity contribution in [2.24, 2.45) is 0 Å². The normalized spacial score (nSPS) is 18.4. The summed E-state index contributed by atoms with van der Waals surface area (Å²) in [5, 5.41) is 0. The predicted octanol–water partition coefficient (Wildman–Crippen LogP) is 5.54. The summed E-state index contributed by atoms with van der Waals surface area (Å²) in [6.45, 7) is 23.9. The molecule has 0 aromatic heterocycles. The molecule has 0 amide bonds. The molecule has 1 fully saturated rings. The minimum absolute atomic E-state index is 0. The Balaban J connectivity index is -0.000000202. The molecule has 0 aliphatic carbocycles. The van der Waals surface area contributed by atoms with Gasteiger partial charge in [-0.15, -0.1) is 102 Å². The average molecular weight is 798 g/mol. The van der Waals surface area contributed by atoms with Gasteiger partial charge in [0, 0.05) is 26.2 Å². The Kier molecular flexibility index (Phi) is 47.1. The highest BCUT2D eigenvalue weighted by Gasteiger charge is 2.11. The molecular weight excluding hydrogens is 752 g/mol. The molecular formula is C18H46Br6N4. The van der Waals surface area contributed by atoms with Gasteiger partial charge in [0.25, 0.3) is 0 Å². The van der Waals surface area contributed by atoms with Gasteiger partial charge < -0.3 is 19.6 Å². The van der Waals surface area contributed by atoms with E-state index in [0.717, 1.165) is 0 Å². The van der Waals surface area contributed by atoms with Crippen LogP contribution in [0.3, 0.4) is 0 Å². The Bertz CT molecular complexity index is 230. The van der Waals surface area contributed by atoms with Crippen molar-refractivity contribution < 1.29 is 0 Å². The molecule has 0 aromatic rings. The first-order valence-corrected chi connectivity index (χ1v) is 9.62. The van der Waals surface area contributed by atoms with Crippen molar-refractivity contribution in [2.45, 2.75) is 40.5 Å². The molecule has 180 valence electrons. The summed E-state index contributed by atoms with van der Waals surface area (Å²) < 4.78 is 0. The summed E-state index contributed by atoms with van der Waals surface area (Å²) in [7, 11) is 0. The zero-order valence-corrected chi connectivity index (χ0v) is 28.4. The van der Waals surface area contributed by atoms with Crippen molar-refractivity contribution in [3.8, 4) is 0 Å². The zero-order valence-electron chi connectivity index (χ0n) is 18.1. The lowest BCUT2D eigenvalue weighted by atomic mass is 10.3. The number of rotatable bonds is 4. The van der Waals surface area contributed by atoms with Crippen LogP contribution in [0.4, 0.5) is 0 Å². The van der Waals surface area contributed by atoms with E-state index in [1.165, 1.54) is 91.4 Å². The SMILES string of the molecule is Br.Br.Br.Br.Br.Br.CCN1CCCN(CC)CCN(CC)CCCN(CC)CC1. The molecule has 0 radical (unpaired) electrons. The van der Waals surface area contributed by atoms with Crippen LogP contribution in [0.25, 0.3) is 0 Å². The number of hydrogen-bond acceptors (Lipinski definition) is 4. The molecule has 1 aliphatic rings. The lowest BCUT2D eigenvalue weighted by Gasteiger charge is -2.30. The van der Waals surface area contributed by atoms with Crippen molar-refractivity contribution in [1.29, 1.82) is 0 Å². The number of halogens is 6. The van der Waals surface area contributed by atoms with Crippen LogP contribution in [0, 0.1) is 0 Å². The highest BCUT2D eigenvalue weighted by atomic mass is 79.9. The van der Waals surface area contributed by atoms with E-state index in [-0.39, 0.29) is 102 Å². The van der Waals surface area contributed by atoms with E-state index >= 15 is 0 Å². The van der Waals surface area contributed by atoms with Gasteiger partial charge >= 0.3 is 0 Å². The summed E-state index contributed by atoms with van der Waals surface area (Å²) in [6, 6.07) is 0. The smallest absolute Gasteiger partial charge is 0.0109 e. The molecule has 28 heavy (non-hydrogen) atoms. The third kappa shape index (κ3) is 20.6. The van der Waals surface area contributed by atoms with Crippen LogP contribution in [0.1, 0.15) is 40.5 Å². The van der Waals surface area contributed by atoms with Gasteiger partial charge in [-0.05, 0) is 65.2 Å². The second kappa shape index (κ2) is 29.7. The summed E-state index contributed by atoms with van der Waals surface area (Å²) in [4.78, 5) is 10.5. The van der Waals surface area contributed by atoms with Crippen molar-refractivity contribution in [2.75, 3.05) is 78.5 Å². The standard InChI is InChI=1S/C18H40N4.6BrH/c1-5-19-11-9-12-21(7-3)17-18-22(8-4)14-10-13-20(6-2)16-15-19;;;;;;/h5-18H2,1-4H3;6*1H. The third-order valence-electron chi connectivity index (χ3n) is 5.15. The van der Waals surface area contributed by atoms with Crippen LogP contribution in [0.15, 0.2) is 0 Å². The second-order valence-electron chi connectivity index (χ2n) is 6.44. The second-order valence-corrected chi connectivity index (χ2v) is 6.44. The van der Waals surface area contributed by atoms with Gasteiger partial charge in [-0.2, -0.15) is 0 Å². The fourth-order valence-corrected chi connectivity index (χ4v) is 3.31. The van der Waals surface area contributed by atoms with Gasteiger partial charge in [-0.25, -0.2) is 0 Å². The first-order valence-electron chi connectivity index (χ1n) is 9.62. The number of hydrogen-bond donors (Lipinski definition) is 0. The fraction of sp³-hybridized carbons (Fsp3) is 1.00. The first-order chi connectivity index (χ1) is 10.7. The van der Waals surface area contributed by atoms with Crippen LogP contribution in [0.5, 0.6) is 0 Å². The molecule has 1 aliphatic heterocycles. The molecule has 1 saturated heterocycles. The van der Waals surface area contributed by atoms with E-state index < -0.39 is 0 Å². The molecule has 10 heteroatoms. The third-order valence-corrected chi connectivity index (χ3v) is 5.15. The van der Waals surface area contributed by atoms with E-state index in [1.807, 2.05) is 0 Å². The predicted molar refractivity (Wildman–Crippen MR) is 160 cm³/mol. The van der Waals surface area contributed by atoms with Crippen LogP contribution in [0.2, 0.25) is 0 Å². The van der Waals surface area contributed by atoms with E-state index in [1.54, 1.807) is 0 Å². The first kappa shape index (κ1) is 44.4. The lowest BCUT2D eigenvalue weighted by molar-refractivity contribution is 0.168. The van der Waals surface area contributed by atoms with Crippen molar-refractivity contribution in [3.05, 3.63) is 0 Å². The highest BCUT2D eigenvalue weighted by Crippen LogP contribution is 2.02. The minimum atomic E-state index is 0. The van der Waals surface area contributed by atoms with Crippen LogP contribution in [-0.4, -0.2) is 98.1 Å². The van der Waals surface area contributed by atoms with Crippen LogP contribution >= 0.6 is 102 Å². The van der Waals surface area contributed by atoms with E-state index in [0.29, 0.717) is 0 Å². The maximum Gasteiger partial charge on any atom is 0.0109 e.